The van der Waals surface area contributed by atoms with E-state index in [9.17, 15) is 0 Å². The van der Waals surface area contributed by atoms with Crippen molar-refractivity contribution < 1.29 is 9.47 Å². The predicted molar refractivity (Wildman–Crippen MR) is 57.7 cm³/mol. The van der Waals surface area contributed by atoms with Gasteiger partial charge in [-0.3, -0.25) is 4.68 Å². The summed E-state index contributed by atoms with van der Waals surface area (Å²) in [6, 6.07) is 0. The first kappa shape index (κ1) is 12.2. The van der Waals surface area contributed by atoms with Crippen LogP contribution in [0.1, 0.15) is 5.56 Å². The molecule has 0 spiro atoms. The van der Waals surface area contributed by atoms with E-state index in [1.54, 1.807) is 7.11 Å². The van der Waals surface area contributed by atoms with Gasteiger partial charge >= 0.3 is 0 Å². The van der Waals surface area contributed by atoms with Gasteiger partial charge in [-0.1, -0.05) is 0 Å². The fourth-order valence-electron chi connectivity index (χ4n) is 1.23. The number of nitrogens with one attached hydrogen (secondary N) is 1. The molecule has 15 heavy (non-hydrogen) atoms. The van der Waals surface area contributed by atoms with E-state index in [4.69, 9.17) is 9.47 Å². The monoisotopic (exact) mass is 213 g/mol. The highest BCUT2D eigenvalue weighted by atomic mass is 16.5. The van der Waals surface area contributed by atoms with Crippen molar-refractivity contribution in [2.75, 3.05) is 34.0 Å². The summed E-state index contributed by atoms with van der Waals surface area (Å²) in [5, 5.41) is 7.30. The molecule has 5 nitrogen and oxygen atoms in total. The smallest absolute Gasteiger partial charge is 0.0701 e. The van der Waals surface area contributed by atoms with Gasteiger partial charge < -0.3 is 14.8 Å². The van der Waals surface area contributed by atoms with Gasteiger partial charge in [0, 0.05) is 25.4 Å². The molecule has 1 aromatic rings. The van der Waals surface area contributed by atoms with E-state index in [1.807, 2.05) is 24.1 Å². The standard InChI is InChI=1S/C10H19N3O2/c1-11-7-10-8-12-13(9-10)3-4-15-6-5-14-2/h8-9,11H,3-7H2,1-2H3. The highest BCUT2D eigenvalue weighted by Gasteiger charge is 1.97. The molecule has 0 aromatic carbocycles. The van der Waals surface area contributed by atoms with Crippen LogP contribution in [0.5, 0.6) is 0 Å². The molecule has 0 amide bonds. The van der Waals surface area contributed by atoms with Crippen LogP contribution in [-0.2, 0) is 22.6 Å². The Labute approximate surface area is 90.4 Å². The average molecular weight is 213 g/mol. The van der Waals surface area contributed by atoms with Crippen molar-refractivity contribution in [1.29, 1.82) is 0 Å². The van der Waals surface area contributed by atoms with Gasteiger partial charge in [-0.15, -0.1) is 0 Å². The fourth-order valence-corrected chi connectivity index (χ4v) is 1.23. The molecule has 86 valence electrons. The SMILES string of the molecule is CNCc1cnn(CCOCCOC)c1. The molecule has 0 aliphatic carbocycles. The molecule has 1 heterocycles. The summed E-state index contributed by atoms with van der Waals surface area (Å²) in [4.78, 5) is 0. The Hall–Kier alpha value is -0.910. The largest absolute Gasteiger partial charge is 0.382 e. The molecule has 0 aliphatic heterocycles. The van der Waals surface area contributed by atoms with Crippen LogP contribution in [0.15, 0.2) is 12.4 Å². The van der Waals surface area contributed by atoms with Crippen molar-refractivity contribution in [2.45, 2.75) is 13.1 Å². The minimum atomic E-state index is 0.640. The Morgan fingerprint density at radius 3 is 3.00 bits per heavy atom. The van der Waals surface area contributed by atoms with Crippen molar-refractivity contribution >= 4 is 0 Å². The van der Waals surface area contributed by atoms with E-state index in [1.165, 1.54) is 5.56 Å². The molecule has 0 radical (unpaired) electrons. The van der Waals surface area contributed by atoms with Crippen LogP contribution >= 0.6 is 0 Å². The predicted octanol–water partition coefficient (Wildman–Crippen LogP) is 0.266. The van der Waals surface area contributed by atoms with Crippen LogP contribution in [0.3, 0.4) is 0 Å². The second kappa shape index (κ2) is 7.39. The van der Waals surface area contributed by atoms with Crippen LogP contribution in [0, 0.1) is 0 Å². The van der Waals surface area contributed by atoms with Gasteiger partial charge in [0.05, 0.1) is 32.6 Å². The van der Waals surface area contributed by atoms with Crippen molar-refractivity contribution in [3.05, 3.63) is 18.0 Å². The molecule has 0 saturated heterocycles. The van der Waals surface area contributed by atoms with Crippen molar-refractivity contribution in [2.24, 2.45) is 0 Å². The molecular formula is C10H19N3O2. The van der Waals surface area contributed by atoms with Gasteiger partial charge in [-0.25, -0.2) is 0 Å². The Morgan fingerprint density at radius 2 is 2.27 bits per heavy atom. The van der Waals surface area contributed by atoms with Gasteiger partial charge in [-0.05, 0) is 7.05 Å². The second-order valence-corrected chi connectivity index (χ2v) is 3.25. The normalized spacial score (nSPS) is 10.8. The third-order valence-electron chi connectivity index (χ3n) is 1.96. The summed E-state index contributed by atoms with van der Waals surface area (Å²) in [6.45, 7) is 3.59. The summed E-state index contributed by atoms with van der Waals surface area (Å²) in [5.41, 5.74) is 1.19. The first-order valence-electron chi connectivity index (χ1n) is 5.09. The lowest BCUT2D eigenvalue weighted by Crippen LogP contribution is -2.09. The number of aromatic nitrogens is 2. The van der Waals surface area contributed by atoms with E-state index in [-0.39, 0.29) is 0 Å². The lowest BCUT2D eigenvalue weighted by molar-refractivity contribution is 0.0654. The van der Waals surface area contributed by atoms with Crippen molar-refractivity contribution in [1.82, 2.24) is 15.1 Å². The Kier molecular flexibility index (Phi) is 5.99. The zero-order chi connectivity index (χ0) is 10.9. The van der Waals surface area contributed by atoms with E-state index in [0.29, 0.717) is 19.8 Å². The van der Waals surface area contributed by atoms with Crippen LogP contribution in [-0.4, -0.2) is 43.8 Å². The van der Waals surface area contributed by atoms with Crippen LogP contribution in [0.2, 0.25) is 0 Å². The third-order valence-corrected chi connectivity index (χ3v) is 1.96. The average Bonchev–Trinajstić information content (AvgIpc) is 2.66. The lowest BCUT2D eigenvalue weighted by atomic mass is 10.4. The van der Waals surface area contributed by atoms with Gasteiger partial charge in [0.25, 0.3) is 0 Å². The summed E-state index contributed by atoms with van der Waals surface area (Å²) in [7, 11) is 3.59. The van der Waals surface area contributed by atoms with Crippen molar-refractivity contribution in [3.63, 3.8) is 0 Å². The summed E-state index contributed by atoms with van der Waals surface area (Å²) < 4.78 is 12.1. The minimum Gasteiger partial charge on any atom is -0.382 e. The van der Waals surface area contributed by atoms with E-state index < -0.39 is 0 Å². The summed E-state index contributed by atoms with van der Waals surface area (Å²) in [6.07, 6.45) is 3.89. The first-order valence-corrected chi connectivity index (χ1v) is 5.09. The maximum atomic E-state index is 5.35. The molecule has 1 aromatic heterocycles. The van der Waals surface area contributed by atoms with Gasteiger partial charge in [0.2, 0.25) is 0 Å². The van der Waals surface area contributed by atoms with E-state index in [2.05, 4.69) is 10.4 Å². The number of methoxy groups -OCH3 is 1. The molecule has 5 heteroatoms. The Morgan fingerprint density at radius 1 is 1.40 bits per heavy atom. The second-order valence-electron chi connectivity index (χ2n) is 3.25. The maximum Gasteiger partial charge on any atom is 0.0701 e. The summed E-state index contributed by atoms with van der Waals surface area (Å²) >= 11 is 0. The highest BCUT2D eigenvalue weighted by Crippen LogP contribution is 1.96. The molecule has 1 N–H and O–H groups in total. The molecule has 0 unspecified atom stereocenters. The Bertz CT molecular complexity index is 263. The van der Waals surface area contributed by atoms with Crippen LogP contribution in [0.4, 0.5) is 0 Å². The number of hydrogen-bond acceptors (Lipinski definition) is 4. The topological polar surface area (TPSA) is 48.3 Å². The number of nitrogens with zero attached hydrogens (tertiary/aromatic N) is 2. The quantitative estimate of drug-likeness (QED) is 0.630. The zero-order valence-electron chi connectivity index (χ0n) is 9.40. The molecule has 1 rings (SSSR count). The first-order chi connectivity index (χ1) is 7.36. The summed E-state index contributed by atoms with van der Waals surface area (Å²) in [5.74, 6) is 0. The number of rotatable bonds is 8. The number of hydrogen-bond donors (Lipinski definition) is 1. The number of ether oxygens (including phenoxy) is 2. The van der Waals surface area contributed by atoms with E-state index in [0.717, 1.165) is 13.1 Å². The minimum absolute atomic E-state index is 0.640. The molecule has 0 fully saturated rings. The zero-order valence-corrected chi connectivity index (χ0v) is 9.40. The van der Waals surface area contributed by atoms with Crippen molar-refractivity contribution in [3.8, 4) is 0 Å². The maximum absolute atomic E-state index is 5.35. The highest BCUT2D eigenvalue weighted by molar-refractivity contribution is 5.02. The molecule has 0 saturated carbocycles. The molecule has 0 bridgehead atoms. The molecule has 0 aliphatic rings. The van der Waals surface area contributed by atoms with E-state index >= 15 is 0 Å². The Balaban J connectivity index is 2.14. The van der Waals surface area contributed by atoms with Crippen LogP contribution < -0.4 is 5.32 Å². The molecular weight excluding hydrogens is 194 g/mol. The van der Waals surface area contributed by atoms with Gasteiger partial charge in [0.1, 0.15) is 0 Å². The van der Waals surface area contributed by atoms with Gasteiger partial charge in [0.15, 0.2) is 0 Å². The lowest BCUT2D eigenvalue weighted by Gasteiger charge is -2.03. The molecule has 0 atom stereocenters. The fraction of sp³-hybridized carbons (Fsp3) is 0.700. The third kappa shape index (κ3) is 4.92. The van der Waals surface area contributed by atoms with Gasteiger partial charge in [-0.2, -0.15) is 5.10 Å². The van der Waals surface area contributed by atoms with Crippen LogP contribution in [0.25, 0.3) is 0 Å².